The van der Waals surface area contributed by atoms with E-state index in [2.05, 4.69) is 17.6 Å². The van der Waals surface area contributed by atoms with Crippen LogP contribution >= 0.6 is 0 Å². The lowest BCUT2D eigenvalue weighted by Crippen LogP contribution is -2.43. The number of nitrogens with zero attached hydrogens (tertiary/aromatic N) is 1. The summed E-state index contributed by atoms with van der Waals surface area (Å²) < 4.78 is 5.31. The Labute approximate surface area is 155 Å². The Morgan fingerprint density at radius 2 is 1.88 bits per heavy atom. The number of carbonyl (C=O) groups excluding carboxylic acids is 2. The third-order valence-corrected chi connectivity index (χ3v) is 5.35. The molecule has 0 bridgehead atoms. The Morgan fingerprint density at radius 1 is 1.15 bits per heavy atom. The number of carbonyl (C=O) groups is 2. The molecule has 142 valence electrons. The SMILES string of the molecule is CC1CCCCC1NC(=O)CNc1ccccc1C(=O)N1CCOCC1. The number of ether oxygens (including phenoxy) is 1. The molecule has 6 nitrogen and oxygen atoms in total. The lowest BCUT2D eigenvalue weighted by atomic mass is 9.86. The van der Waals surface area contributed by atoms with Crippen LogP contribution in [0.2, 0.25) is 0 Å². The second kappa shape index (κ2) is 9.03. The molecule has 2 atom stereocenters. The van der Waals surface area contributed by atoms with Gasteiger partial charge in [0.2, 0.25) is 5.91 Å². The summed E-state index contributed by atoms with van der Waals surface area (Å²) >= 11 is 0. The van der Waals surface area contributed by atoms with Crippen LogP contribution in [0.4, 0.5) is 5.69 Å². The van der Waals surface area contributed by atoms with Crippen LogP contribution in [0.3, 0.4) is 0 Å². The number of benzene rings is 1. The van der Waals surface area contributed by atoms with Crippen molar-refractivity contribution in [2.24, 2.45) is 5.92 Å². The van der Waals surface area contributed by atoms with Gasteiger partial charge in [-0.15, -0.1) is 0 Å². The van der Waals surface area contributed by atoms with Gasteiger partial charge >= 0.3 is 0 Å². The summed E-state index contributed by atoms with van der Waals surface area (Å²) in [6.45, 7) is 4.73. The molecule has 6 heteroatoms. The van der Waals surface area contributed by atoms with Crippen molar-refractivity contribution in [3.05, 3.63) is 29.8 Å². The molecule has 2 N–H and O–H groups in total. The first-order valence-corrected chi connectivity index (χ1v) is 9.64. The van der Waals surface area contributed by atoms with Crippen LogP contribution in [0.1, 0.15) is 43.0 Å². The van der Waals surface area contributed by atoms with Crippen LogP contribution < -0.4 is 10.6 Å². The van der Waals surface area contributed by atoms with Crippen LogP contribution in [0.25, 0.3) is 0 Å². The molecule has 2 unspecified atom stereocenters. The fraction of sp³-hybridized carbons (Fsp3) is 0.600. The summed E-state index contributed by atoms with van der Waals surface area (Å²) in [5.41, 5.74) is 1.31. The lowest BCUT2D eigenvalue weighted by molar-refractivity contribution is -0.120. The quantitative estimate of drug-likeness (QED) is 0.846. The van der Waals surface area contributed by atoms with Gasteiger partial charge in [0, 0.05) is 24.8 Å². The van der Waals surface area contributed by atoms with Crippen molar-refractivity contribution in [2.75, 3.05) is 38.2 Å². The monoisotopic (exact) mass is 359 g/mol. The van der Waals surface area contributed by atoms with Crippen LogP contribution in [0.5, 0.6) is 0 Å². The van der Waals surface area contributed by atoms with Gasteiger partial charge < -0.3 is 20.3 Å². The normalized spacial score (nSPS) is 23.3. The highest BCUT2D eigenvalue weighted by Crippen LogP contribution is 2.23. The van der Waals surface area contributed by atoms with E-state index in [1.807, 2.05) is 18.2 Å². The standard InChI is InChI=1S/C20H29N3O3/c1-15-6-2-4-8-17(15)22-19(24)14-21-18-9-5-3-7-16(18)20(25)23-10-12-26-13-11-23/h3,5,7,9,15,17,21H,2,4,6,8,10-14H2,1H3,(H,22,24). The third-order valence-electron chi connectivity index (χ3n) is 5.35. The number of anilines is 1. The first-order chi connectivity index (χ1) is 12.6. The molecule has 26 heavy (non-hydrogen) atoms. The topological polar surface area (TPSA) is 70.7 Å². The Bertz CT molecular complexity index is 628. The van der Waals surface area contributed by atoms with Crippen molar-refractivity contribution in [1.82, 2.24) is 10.2 Å². The van der Waals surface area contributed by atoms with Crippen molar-refractivity contribution < 1.29 is 14.3 Å². The summed E-state index contributed by atoms with van der Waals surface area (Å²) in [4.78, 5) is 26.9. The molecule has 3 rings (SSSR count). The lowest BCUT2D eigenvalue weighted by Gasteiger charge is -2.29. The van der Waals surface area contributed by atoms with Crippen molar-refractivity contribution in [3.63, 3.8) is 0 Å². The zero-order valence-electron chi connectivity index (χ0n) is 15.5. The van der Waals surface area contributed by atoms with Crippen LogP contribution in [-0.4, -0.2) is 55.6 Å². The minimum atomic E-state index is -0.0163. The maximum atomic E-state index is 12.8. The molecule has 0 aromatic heterocycles. The Morgan fingerprint density at radius 3 is 2.65 bits per heavy atom. The highest BCUT2D eigenvalue weighted by atomic mass is 16.5. The molecule has 1 aliphatic heterocycles. The van der Waals surface area contributed by atoms with E-state index in [9.17, 15) is 9.59 Å². The maximum absolute atomic E-state index is 12.8. The summed E-state index contributed by atoms with van der Waals surface area (Å²) in [6.07, 6.45) is 4.66. The maximum Gasteiger partial charge on any atom is 0.256 e. The van der Waals surface area contributed by atoms with Crippen molar-refractivity contribution in [1.29, 1.82) is 0 Å². The highest BCUT2D eigenvalue weighted by molar-refractivity contribution is 6.00. The van der Waals surface area contributed by atoms with E-state index in [-0.39, 0.29) is 24.4 Å². The van der Waals surface area contributed by atoms with Gasteiger partial charge in [0.05, 0.1) is 25.3 Å². The zero-order valence-corrected chi connectivity index (χ0v) is 15.5. The molecular formula is C20H29N3O3. The molecule has 1 saturated heterocycles. The van der Waals surface area contributed by atoms with E-state index in [1.54, 1.807) is 11.0 Å². The van der Waals surface area contributed by atoms with E-state index >= 15 is 0 Å². The van der Waals surface area contributed by atoms with Gasteiger partial charge in [-0.25, -0.2) is 0 Å². The summed E-state index contributed by atoms with van der Waals surface area (Å²) in [5, 5.41) is 6.28. The predicted molar refractivity (Wildman–Crippen MR) is 101 cm³/mol. The molecular weight excluding hydrogens is 330 g/mol. The molecule has 2 aliphatic rings. The predicted octanol–water partition coefficient (Wildman–Crippen LogP) is 2.27. The van der Waals surface area contributed by atoms with E-state index < -0.39 is 0 Å². The number of rotatable bonds is 5. The minimum Gasteiger partial charge on any atom is -0.378 e. The molecule has 2 amide bonds. The fourth-order valence-corrected chi connectivity index (χ4v) is 3.72. The molecule has 1 aliphatic carbocycles. The second-order valence-corrected chi connectivity index (χ2v) is 7.24. The number of nitrogens with one attached hydrogen (secondary N) is 2. The van der Waals surface area contributed by atoms with Crippen LogP contribution in [0.15, 0.2) is 24.3 Å². The van der Waals surface area contributed by atoms with Gasteiger partial charge in [-0.05, 0) is 30.9 Å². The number of hydrogen-bond donors (Lipinski definition) is 2. The molecule has 1 saturated carbocycles. The summed E-state index contributed by atoms with van der Waals surface area (Å²) in [5.74, 6) is 0.498. The van der Waals surface area contributed by atoms with Gasteiger partial charge in [-0.3, -0.25) is 9.59 Å². The minimum absolute atomic E-state index is 0.0160. The van der Waals surface area contributed by atoms with Gasteiger partial charge in [0.25, 0.3) is 5.91 Å². The smallest absolute Gasteiger partial charge is 0.256 e. The average molecular weight is 359 g/mol. The van der Waals surface area contributed by atoms with Gasteiger partial charge in [0.15, 0.2) is 0 Å². The highest BCUT2D eigenvalue weighted by Gasteiger charge is 2.23. The van der Waals surface area contributed by atoms with E-state index in [1.165, 1.54) is 19.3 Å². The van der Waals surface area contributed by atoms with Crippen molar-refractivity contribution in [3.8, 4) is 0 Å². The second-order valence-electron chi connectivity index (χ2n) is 7.24. The average Bonchev–Trinajstić information content (AvgIpc) is 2.68. The third kappa shape index (κ3) is 4.75. The van der Waals surface area contributed by atoms with Gasteiger partial charge in [-0.2, -0.15) is 0 Å². The van der Waals surface area contributed by atoms with Gasteiger partial charge in [-0.1, -0.05) is 31.9 Å². The van der Waals surface area contributed by atoms with E-state index in [0.717, 1.165) is 6.42 Å². The zero-order chi connectivity index (χ0) is 18.4. The summed E-state index contributed by atoms with van der Waals surface area (Å²) in [6, 6.07) is 7.65. The fourth-order valence-electron chi connectivity index (χ4n) is 3.72. The first kappa shape index (κ1) is 18.7. The van der Waals surface area contributed by atoms with Crippen LogP contribution in [0, 0.1) is 5.92 Å². The Hall–Kier alpha value is -2.08. The van der Waals surface area contributed by atoms with E-state index in [4.69, 9.17) is 4.74 Å². The number of amides is 2. The Balaban J connectivity index is 1.57. The van der Waals surface area contributed by atoms with Crippen molar-refractivity contribution in [2.45, 2.75) is 38.6 Å². The number of hydrogen-bond acceptors (Lipinski definition) is 4. The largest absolute Gasteiger partial charge is 0.378 e. The first-order valence-electron chi connectivity index (χ1n) is 9.64. The molecule has 0 spiro atoms. The number of morpholine rings is 1. The van der Waals surface area contributed by atoms with Crippen LogP contribution in [-0.2, 0) is 9.53 Å². The van der Waals surface area contributed by atoms with Gasteiger partial charge in [0.1, 0.15) is 0 Å². The molecule has 0 radical (unpaired) electrons. The number of para-hydroxylation sites is 1. The summed E-state index contributed by atoms with van der Waals surface area (Å²) in [7, 11) is 0. The molecule has 1 aromatic rings. The molecule has 1 aromatic carbocycles. The Kier molecular flexibility index (Phi) is 6.50. The van der Waals surface area contributed by atoms with E-state index in [0.29, 0.717) is 43.5 Å². The molecule has 1 heterocycles. The van der Waals surface area contributed by atoms with Crippen molar-refractivity contribution >= 4 is 17.5 Å². The molecule has 2 fully saturated rings.